The number of halogens is 2. The zero-order valence-corrected chi connectivity index (χ0v) is 20.2. The van der Waals surface area contributed by atoms with E-state index in [2.05, 4.69) is 4.72 Å². The first-order valence-electron chi connectivity index (χ1n) is 10.1. The van der Waals surface area contributed by atoms with Crippen LogP contribution in [0.2, 0.25) is 5.02 Å². The lowest BCUT2D eigenvalue weighted by Crippen LogP contribution is -2.41. The number of nitrogens with zero attached hydrogens (tertiary/aromatic N) is 2. The van der Waals surface area contributed by atoms with Gasteiger partial charge in [-0.2, -0.15) is 4.72 Å². The van der Waals surface area contributed by atoms with Gasteiger partial charge in [0, 0.05) is 22.3 Å². The lowest BCUT2D eigenvalue weighted by Gasteiger charge is -2.22. The quantitative estimate of drug-likeness (QED) is 0.550. The van der Waals surface area contributed by atoms with Crippen molar-refractivity contribution in [2.24, 2.45) is 0 Å². The second-order valence-corrected chi connectivity index (χ2v) is 11.5. The van der Waals surface area contributed by atoms with Crippen LogP contribution >= 0.6 is 22.9 Å². The molecule has 6 nitrogen and oxygen atoms in total. The third-order valence-corrected chi connectivity index (χ3v) is 9.03. The number of anilines is 1. The van der Waals surface area contributed by atoms with Gasteiger partial charge in [0.15, 0.2) is 0 Å². The number of carbonyl (C=O) groups excluding carboxylic acids is 1. The maximum Gasteiger partial charge on any atom is 0.250 e. The Morgan fingerprint density at radius 2 is 1.97 bits per heavy atom. The molecule has 1 aliphatic rings. The molecule has 1 amide bonds. The van der Waals surface area contributed by atoms with E-state index >= 15 is 0 Å². The Morgan fingerprint density at radius 1 is 1.22 bits per heavy atom. The number of carbonyl (C=O) groups is 1. The standard InChI is InChI=1S/C22H23ClFN3O3S2/c1-13(26(2)3)14-5-7-19(17(24)10-14)27-9-8-18(22(27)28)25-32(29,30)21-11-15-4-6-16(23)12-20(15)31-21/h4-7,10-13,18,25H,8-9H2,1-3H3/t13-,18-/m0/s1. The second kappa shape index (κ2) is 8.72. The summed E-state index contributed by atoms with van der Waals surface area (Å²) in [6.07, 6.45) is 0.254. The average molecular weight is 496 g/mol. The fourth-order valence-corrected chi connectivity index (χ4v) is 6.60. The van der Waals surface area contributed by atoms with Gasteiger partial charge >= 0.3 is 0 Å². The highest BCUT2D eigenvalue weighted by Gasteiger charge is 2.37. The molecule has 0 saturated carbocycles. The molecule has 0 bridgehead atoms. The number of benzene rings is 2. The van der Waals surface area contributed by atoms with Gasteiger partial charge in [-0.3, -0.25) is 4.79 Å². The highest BCUT2D eigenvalue weighted by molar-refractivity contribution is 7.91. The van der Waals surface area contributed by atoms with E-state index in [0.29, 0.717) is 5.02 Å². The van der Waals surface area contributed by atoms with Crippen LogP contribution in [0.25, 0.3) is 10.1 Å². The van der Waals surface area contributed by atoms with Crippen molar-refractivity contribution in [1.82, 2.24) is 9.62 Å². The smallest absolute Gasteiger partial charge is 0.250 e. The Morgan fingerprint density at radius 3 is 2.66 bits per heavy atom. The lowest BCUT2D eigenvalue weighted by molar-refractivity contribution is -0.118. The van der Waals surface area contributed by atoms with E-state index in [4.69, 9.17) is 11.6 Å². The summed E-state index contributed by atoms with van der Waals surface area (Å²) in [5.74, 6) is -0.973. The summed E-state index contributed by atoms with van der Waals surface area (Å²) >= 11 is 7.07. The lowest BCUT2D eigenvalue weighted by atomic mass is 10.1. The van der Waals surface area contributed by atoms with Gasteiger partial charge in [-0.15, -0.1) is 11.3 Å². The van der Waals surface area contributed by atoms with Crippen LogP contribution in [0.5, 0.6) is 0 Å². The van der Waals surface area contributed by atoms with Crippen molar-refractivity contribution in [3.63, 3.8) is 0 Å². The van der Waals surface area contributed by atoms with E-state index in [1.54, 1.807) is 36.4 Å². The zero-order valence-electron chi connectivity index (χ0n) is 17.8. The van der Waals surface area contributed by atoms with Crippen LogP contribution in [0.4, 0.5) is 10.1 Å². The van der Waals surface area contributed by atoms with Crippen molar-refractivity contribution in [2.75, 3.05) is 25.5 Å². The van der Waals surface area contributed by atoms with E-state index in [1.165, 1.54) is 11.0 Å². The highest BCUT2D eigenvalue weighted by atomic mass is 35.5. The summed E-state index contributed by atoms with van der Waals surface area (Å²) in [7, 11) is -0.106. The zero-order chi connectivity index (χ0) is 23.2. The Labute approximate surface area is 195 Å². The molecule has 1 aromatic heterocycles. The van der Waals surface area contributed by atoms with Crippen molar-refractivity contribution in [1.29, 1.82) is 0 Å². The molecule has 1 saturated heterocycles. The number of rotatable bonds is 6. The first-order chi connectivity index (χ1) is 15.1. The van der Waals surface area contributed by atoms with Gasteiger partial charge in [0.25, 0.3) is 10.0 Å². The minimum absolute atomic E-state index is 0.0172. The van der Waals surface area contributed by atoms with Gasteiger partial charge in [0.05, 0.1) is 5.69 Å². The Bertz CT molecular complexity index is 1290. The minimum atomic E-state index is -3.92. The monoisotopic (exact) mass is 495 g/mol. The van der Waals surface area contributed by atoms with Gasteiger partial charge in [-0.25, -0.2) is 12.8 Å². The molecule has 1 aliphatic heterocycles. The molecule has 2 aromatic carbocycles. The van der Waals surface area contributed by atoms with Crippen molar-refractivity contribution >= 4 is 54.6 Å². The van der Waals surface area contributed by atoms with Crippen LogP contribution < -0.4 is 9.62 Å². The number of hydrogen-bond donors (Lipinski definition) is 1. The van der Waals surface area contributed by atoms with Crippen molar-refractivity contribution < 1.29 is 17.6 Å². The van der Waals surface area contributed by atoms with Crippen LogP contribution in [0, 0.1) is 5.82 Å². The largest absolute Gasteiger partial charge is 0.308 e. The normalized spacial score (nSPS) is 18.1. The molecule has 170 valence electrons. The number of sulfonamides is 1. The summed E-state index contributed by atoms with van der Waals surface area (Å²) in [6.45, 7) is 2.19. The number of nitrogens with one attached hydrogen (secondary N) is 1. The molecule has 32 heavy (non-hydrogen) atoms. The molecule has 0 unspecified atom stereocenters. The number of amides is 1. The molecule has 0 spiro atoms. The van der Waals surface area contributed by atoms with Crippen molar-refractivity contribution in [3.8, 4) is 0 Å². The maximum absolute atomic E-state index is 14.8. The van der Waals surface area contributed by atoms with Crippen LogP contribution in [-0.4, -0.2) is 45.9 Å². The summed E-state index contributed by atoms with van der Waals surface area (Å²) in [5, 5.41) is 1.28. The number of hydrogen-bond acceptors (Lipinski definition) is 5. The van der Waals surface area contributed by atoms with Crippen molar-refractivity contribution in [2.45, 2.75) is 29.6 Å². The molecular weight excluding hydrogens is 473 g/mol. The Balaban J connectivity index is 1.53. The molecular formula is C22H23ClFN3O3S2. The van der Waals surface area contributed by atoms with Gasteiger partial charge in [-0.1, -0.05) is 23.7 Å². The van der Waals surface area contributed by atoms with E-state index in [-0.39, 0.29) is 28.9 Å². The first kappa shape index (κ1) is 23.1. The third kappa shape index (κ3) is 4.40. The molecule has 2 atom stereocenters. The summed E-state index contributed by atoms with van der Waals surface area (Å²) in [4.78, 5) is 16.2. The van der Waals surface area contributed by atoms with Gasteiger partial charge in [0.1, 0.15) is 16.1 Å². The first-order valence-corrected chi connectivity index (χ1v) is 12.7. The van der Waals surface area contributed by atoms with E-state index in [9.17, 15) is 17.6 Å². The minimum Gasteiger partial charge on any atom is -0.308 e. The fraction of sp³-hybridized carbons (Fsp3) is 0.318. The SMILES string of the molecule is C[C@@H](c1ccc(N2CC[C@H](NS(=O)(=O)c3cc4ccc(Cl)cc4s3)C2=O)c(F)c1)N(C)C. The molecule has 0 radical (unpaired) electrons. The van der Waals surface area contributed by atoms with Gasteiger partial charge in [0.2, 0.25) is 5.91 Å². The topological polar surface area (TPSA) is 69.7 Å². The highest BCUT2D eigenvalue weighted by Crippen LogP contribution is 2.32. The molecule has 10 heteroatoms. The fourth-order valence-electron chi connectivity index (χ4n) is 3.69. The third-order valence-electron chi connectivity index (χ3n) is 5.75. The van der Waals surface area contributed by atoms with E-state index in [1.807, 2.05) is 25.9 Å². The van der Waals surface area contributed by atoms with Gasteiger partial charge < -0.3 is 9.80 Å². The summed E-state index contributed by atoms with van der Waals surface area (Å²) in [5.41, 5.74) is 0.952. The molecule has 1 fully saturated rings. The van der Waals surface area contributed by atoms with Crippen LogP contribution in [-0.2, 0) is 14.8 Å². The van der Waals surface area contributed by atoms with E-state index in [0.717, 1.165) is 27.0 Å². The predicted molar refractivity (Wildman–Crippen MR) is 126 cm³/mol. The molecule has 0 aliphatic carbocycles. The molecule has 4 rings (SSSR count). The molecule has 1 N–H and O–H groups in total. The van der Waals surface area contributed by atoms with Crippen molar-refractivity contribution in [3.05, 3.63) is 58.9 Å². The number of thiophene rings is 1. The van der Waals surface area contributed by atoms with Crippen LogP contribution in [0.15, 0.2) is 46.7 Å². The maximum atomic E-state index is 14.8. The Kier molecular flexibility index (Phi) is 6.30. The summed E-state index contributed by atoms with van der Waals surface area (Å²) < 4.78 is 44.0. The predicted octanol–water partition coefficient (Wildman–Crippen LogP) is 4.40. The van der Waals surface area contributed by atoms with Gasteiger partial charge in [-0.05, 0) is 68.7 Å². The average Bonchev–Trinajstić information content (AvgIpc) is 3.31. The number of fused-ring (bicyclic) bond motifs is 1. The summed E-state index contributed by atoms with van der Waals surface area (Å²) in [6, 6.07) is 10.6. The van der Waals surface area contributed by atoms with E-state index < -0.39 is 27.8 Å². The molecule has 3 aromatic rings. The Hall–Kier alpha value is -2.04. The van der Waals surface area contributed by atoms with Crippen LogP contribution in [0.1, 0.15) is 24.9 Å². The molecule has 2 heterocycles. The van der Waals surface area contributed by atoms with Crippen LogP contribution in [0.3, 0.4) is 0 Å². The second-order valence-electron chi connectivity index (χ2n) is 8.05.